The van der Waals surface area contributed by atoms with Crippen molar-refractivity contribution >= 4 is 11.7 Å². The number of rotatable bonds is 3. The van der Waals surface area contributed by atoms with Crippen LogP contribution in [0.4, 0.5) is 14.5 Å². The maximum absolute atomic E-state index is 13.4. The molecule has 6 nitrogen and oxygen atoms in total. The van der Waals surface area contributed by atoms with E-state index in [2.05, 4.69) is 15.4 Å². The van der Waals surface area contributed by atoms with E-state index in [1.165, 1.54) is 6.07 Å². The van der Waals surface area contributed by atoms with Crippen LogP contribution in [0.2, 0.25) is 0 Å². The highest BCUT2D eigenvalue weighted by Gasteiger charge is 2.22. The maximum atomic E-state index is 13.4. The molecule has 2 rings (SSSR count). The summed E-state index contributed by atoms with van der Waals surface area (Å²) >= 11 is 0. The van der Waals surface area contributed by atoms with E-state index < -0.39 is 23.3 Å². The molecule has 0 fully saturated rings. The number of nitrogens with two attached hydrogens (primary N) is 1. The largest absolute Gasteiger partial charge is 0.461 e. The van der Waals surface area contributed by atoms with Crippen LogP contribution in [0.1, 0.15) is 17.4 Å². The minimum absolute atomic E-state index is 0.00912. The molecule has 0 saturated heterocycles. The van der Waals surface area contributed by atoms with Crippen LogP contribution in [0, 0.1) is 11.6 Å². The molecule has 1 aromatic carbocycles. The fourth-order valence-corrected chi connectivity index (χ4v) is 1.53. The Morgan fingerprint density at radius 2 is 2.16 bits per heavy atom. The predicted molar refractivity (Wildman–Crippen MR) is 62.1 cm³/mol. The Kier molecular flexibility index (Phi) is 3.41. The van der Waals surface area contributed by atoms with Crippen molar-refractivity contribution in [2.45, 2.75) is 6.92 Å². The van der Waals surface area contributed by atoms with Crippen LogP contribution in [0.25, 0.3) is 11.3 Å². The Balaban J connectivity index is 2.52. The number of aromatic amines is 1. The lowest BCUT2D eigenvalue weighted by Crippen LogP contribution is -2.08. The highest BCUT2D eigenvalue weighted by atomic mass is 19.2. The molecule has 100 valence electrons. The molecule has 0 bridgehead atoms. The number of hydrogen-bond acceptors (Lipinski definition) is 5. The van der Waals surface area contributed by atoms with Crippen molar-refractivity contribution < 1.29 is 18.3 Å². The van der Waals surface area contributed by atoms with Gasteiger partial charge in [0.05, 0.1) is 12.3 Å². The first kappa shape index (κ1) is 12.9. The zero-order valence-electron chi connectivity index (χ0n) is 9.91. The van der Waals surface area contributed by atoms with Crippen molar-refractivity contribution in [3.05, 3.63) is 29.5 Å². The first-order chi connectivity index (χ1) is 9.06. The number of nitrogen functional groups attached to an aromatic ring is 1. The molecular formula is C11H10F2N4O2. The SMILES string of the molecule is CCOC(=O)c1n[nH]nc1-c1ccc(F)c(F)c1N. The van der Waals surface area contributed by atoms with Gasteiger partial charge in [0.15, 0.2) is 17.3 Å². The molecule has 0 aliphatic rings. The molecule has 0 spiro atoms. The van der Waals surface area contributed by atoms with E-state index in [4.69, 9.17) is 10.5 Å². The highest BCUT2D eigenvalue weighted by molar-refractivity contribution is 5.95. The standard InChI is InChI=1S/C11H10F2N4O2/c1-2-19-11(18)10-9(15-17-16-10)5-3-4-6(12)7(13)8(5)14/h3-4H,2,14H2,1H3,(H,15,16,17). The molecule has 0 radical (unpaired) electrons. The third-order valence-electron chi connectivity index (χ3n) is 2.40. The average molecular weight is 268 g/mol. The Bertz CT molecular complexity index is 627. The summed E-state index contributed by atoms with van der Waals surface area (Å²) in [6.07, 6.45) is 0. The molecule has 0 saturated carbocycles. The van der Waals surface area contributed by atoms with E-state index in [1.807, 2.05) is 0 Å². The monoisotopic (exact) mass is 268 g/mol. The molecule has 0 aliphatic heterocycles. The number of esters is 1. The first-order valence-electron chi connectivity index (χ1n) is 5.38. The maximum Gasteiger partial charge on any atom is 0.361 e. The molecule has 8 heteroatoms. The number of carbonyl (C=O) groups excluding carboxylic acids is 1. The van der Waals surface area contributed by atoms with E-state index in [9.17, 15) is 13.6 Å². The van der Waals surface area contributed by atoms with Gasteiger partial charge in [-0.2, -0.15) is 10.3 Å². The summed E-state index contributed by atoms with van der Waals surface area (Å²) in [4.78, 5) is 11.6. The third kappa shape index (κ3) is 2.24. The van der Waals surface area contributed by atoms with Gasteiger partial charge in [-0.1, -0.05) is 0 Å². The molecule has 2 aromatic rings. The predicted octanol–water partition coefficient (Wildman–Crippen LogP) is 1.51. The molecule has 0 atom stereocenters. The van der Waals surface area contributed by atoms with Gasteiger partial charge in [-0.3, -0.25) is 0 Å². The minimum Gasteiger partial charge on any atom is -0.461 e. The fraction of sp³-hybridized carbons (Fsp3) is 0.182. The van der Waals surface area contributed by atoms with Gasteiger partial charge in [-0.25, -0.2) is 13.6 Å². The second-order valence-corrected chi connectivity index (χ2v) is 3.56. The zero-order valence-corrected chi connectivity index (χ0v) is 9.91. The normalized spacial score (nSPS) is 10.5. The molecule has 19 heavy (non-hydrogen) atoms. The van der Waals surface area contributed by atoms with Gasteiger partial charge < -0.3 is 10.5 Å². The van der Waals surface area contributed by atoms with E-state index in [0.717, 1.165) is 6.07 Å². The molecule has 0 aliphatic carbocycles. The van der Waals surface area contributed by atoms with Gasteiger partial charge in [0, 0.05) is 5.56 Å². The quantitative estimate of drug-likeness (QED) is 0.650. The second kappa shape index (κ2) is 5.01. The van der Waals surface area contributed by atoms with Crippen molar-refractivity contribution in [1.82, 2.24) is 15.4 Å². The number of ether oxygens (including phenoxy) is 1. The summed E-state index contributed by atoms with van der Waals surface area (Å²) in [5, 5.41) is 9.56. The number of H-pyrrole nitrogens is 1. The summed E-state index contributed by atoms with van der Waals surface area (Å²) in [6.45, 7) is 1.78. The zero-order chi connectivity index (χ0) is 14.0. The number of hydrogen-bond donors (Lipinski definition) is 2. The fourth-order valence-electron chi connectivity index (χ4n) is 1.53. The molecular weight excluding hydrogens is 258 g/mol. The van der Waals surface area contributed by atoms with Crippen molar-refractivity contribution in [2.24, 2.45) is 0 Å². The van der Waals surface area contributed by atoms with Crippen LogP contribution in [0.3, 0.4) is 0 Å². The van der Waals surface area contributed by atoms with Crippen LogP contribution < -0.4 is 5.73 Å². The number of anilines is 1. The van der Waals surface area contributed by atoms with Gasteiger partial charge >= 0.3 is 5.97 Å². The van der Waals surface area contributed by atoms with Gasteiger partial charge in [0.2, 0.25) is 0 Å². The summed E-state index contributed by atoms with van der Waals surface area (Å²) in [5.41, 5.74) is 4.96. The number of nitrogens with zero attached hydrogens (tertiary/aromatic N) is 2. The molecule has 3 N–H and O–H groups in total. The van der Waals surface area contributed by atoms with Crippen molar-refractivity contribution in [3.8, 4) is 11.3 Å². The summed E-state index contributed by atoms with van der Waals surface area (Å²) < 4.78 is 31.2. The molecule has 1 aromatic heterocycles. The van der Waals surface area contributed by atoms with E-state index >= 15 is 0 Å². The van der Waals surface area contributed by atoms with Crippen molar-refractivity contribution in [1.29, 1.82) is 0 Å². The van der Waals surface area contributed by atoms with E-state index in [0.29, 0.717) is 0 Å². The van der Waals surface area contributed by atoms with Gasteiger partial charge in [0.1, 0.15) is 5.69 Å². The lowest BCUT2D eigenvalue weighted by molar-refractivity contribution is 0.0520. The van der Waals surface area contributed by atoms with E-state index in [1.54, 1.807) is 6.92 Å². The summed E-state index contributed by atoms with van der Waals surface area (Å²) in [6, 6.07) is 2.11. The number of benzene rings is 1. The summed E-state index contributed by atoms with van der Waals surface area (Å²) in [7, 11) is 0. The topological polar surface area (TPSA) is 93.9 Å². The number of nitrogens with one attached hydrogen (secondary N) is 1. The Labute approximate surface area is 106 Å². The number of aromatic nitrogens is 3. The van der Waals surface area contributed by atoms with Gasteiger partial charge in [-0.05, 0) is 19.1 Å². The van der Waals surface area contributed by atoms with Gasteiger partial charge in [-0.15, -0.1) is 5.10 Å². The number of carbonyl (C=O) groups is 1. The summed E-state index contributed by atoms with van der Waals surface area (Å²) in [5.74, 6) is -3.01. The highest BCUT2D eigenvalue weighted by Crippen LogP contribution is 2.29. The Hall–Kier alpha value is -2.51. The third-order valence-corrected chi connectivity index (χ3v) is 2.40. The Morgan fingerprint density at radius 1 is 1.42 bits per heavy atom. The van der Waals surface area contributed by atoms with Gasteiger partial charge in [0.25, 0.3) is 0 Å². The average Bonchev–Trinajstić information content (AvgIpc) is 2.85. The smallest absolute Gasteiger partial charge is 0.361 e. The Morgan fingerprint density at radius 3 is 2.84 bits per heavy atom. The molecule has 0 unspecified atom stereocenters. The van der Waals surface area contributed by atoms with Crippen LogP contribution in [-0.4, -0.2) is 28.0 Å². The lowest BCUT2D eigenvalue weighted by Gasteiger charge is -2.05. The van der Waals surface area contributed by atoms with Crippen molar-refractivity contribution in [2.75, 3.05) is 12.3 Å². The van der Waals surface area contributed by atoms with Crippen LogP contribution >= 0.6 is 0 Å². The number of halogens is 2. The molecule has 0 amide bonds. The minimum atomic E-state index is -1.20. The van der Waals surface area contributed by atoms with Crippen molar-refractivity contribution in [3.63, 3.8) is 0 Å². The van der Waals surface area contributed by atoms with E-state index in [-0.39, 0.29) is 23.6 Å². The molecule has 1 heterocycles. The van der Waals surface area contributed by atoms with Crippen LogP contribution in [0.15, 0.2) is 12.1 Å². The van der Waals surface area contributed by atoms with Crippen LogP contribution in [-0.2, 0) is 4.74 Å². The van der Waals surface area contributed by atoms with Crippen LogP contribution in [0.5, 0.6) is 0 Å². The second-order valence-electron chi connectivity index (χ2n) is 3.56. The lowest BCUT2D eigenvalue weighted by atomic mass is 10.1. The first-order valence-corrected chi connectivity index (χ1v) is 5.38.